The zero-order valence-corrected chi connectivity index (χ0v) is 18.4. The molecule has 0 atom stereocenters. The summed E-state index contributed by atoms with van der Waals surface area (Å²) in [5.41, 5.74) is 6.15. The number of hydrogen-bond acceptors (Lipinski definition) is 3. The lowest BCUT2D eigenvalue weighted by Gasteiger charge is -2.26. The van der Waals surface area contributed by atoms with E-state index in [1.807, 2.05) is 19.3 Å². The fourth-order valence-corrected chi connectivity index (χ4v) is 4.45. The smallest absolute Gasteiger partial charge is 0.140 e. The van der Waals surface area contributed by atoms with Crippen molar-refractivity contribution >= 4 is 27.6 Å². The second-order valence-electron chi connectivity index (χ2n) is 8.15. The maximum Gasteiger partial charge on any atom is 0.140 e. The summed E-state index contributed by atoms with van der Waals surface area (Å²) in [6.07, 6.45) is 1.89. The van der Waals surface area contributed by atoms with E-state index in [4.69, 9.17) is 4.98 Å². The minimum atomic E-state index is 0.869. The lowest BCUT2D eigenvalue weighted by Crippen LogP contribution is -2.27. The molecule has 0 radical (unpaired) electrons. The third kappa shape index (κ3) is 4.10. The number of anilines is 1. The molecular weight excluding hydrogens is 392 g/mol. The summed E-state index contributed by atoms with van der Waals surface area (Å²) < 4.78 is 2.36. The summed E-state index contributed by atoms with van der Waals surface area (Å²) in [6, 6.07) is 32.4. The third-order valence-electron chi connectivity index (χ3n) is 6.02. The van der Waals surface area contributed by atoms with Gasteiger partial charge in [-0.15, -0.1) is 0 Å². The van der Waals surface area contributed by atoms with Crippen LogP contribution in [0.3, 0.4) is 0 Å². The maximum absolute atomic E-state index is 4.72. The number of aromatic nitrogens is 2. The van der Waals surface area contributed by atoms with Crippen molar-refractivity contribution in [3.63, 3.8) is 0 Å². The molecule has 0 bridgehead atoms. The summed E-state index contributed by atoms with van der Waals surface area (Å²) in [7, 11) is 1.98. The molecule has 0 saturated carbocycles. The van der Waals surface area contributed by atoms with Crippen molar-refractivity contribution in [1.29, 1.82) is 0 Å². The SMILES string of the molecule is CNCc1ccc(CN(CCn2c3ccccc3c3cccnc32)c2ccccc2)cc1. The highest BCUT2D eigenvalue weighted by atomic mass is 15.2. The molecule has 3 aromatic carbocycles. The Labute approximate surface area is 189 Å². The molecule has 0 unspecified atom stereocenters. The Morgan fingerprint density at radius 1 is 0.781 bits per heavy atom. The number of fused-ring (bicyclic) bond motifs is 3. The summed E-state index contributed by atoms with van der Waals surface area (Å²) >= 11 is 0. The molecular formula is C28H28N4. The third-order valence-corrected chi connectivity index (χ3v) is 6.02. The van der Waals surface area contributed by atoms with Gasteiger partial charge >= 0.3 is 0 Å². The summed E-state index contributed by atoms with van der Waals surface area (Å²) in [6.45, 7) is 3.53. The zero-order chi connectivity index (χ0) is 21.8. The first kappa shape index (κ1) is 20.3. The number of pyridine rings is 1. The Kier molecular flexibility index (Phi) is 5.86. The van der Waals surface area contributed by atoms with E-state index in [9.17, 15) is 0 Å². The first-order valence-electron chi connectivity index (χ1n) is 11.2. The predicted octanol–water partition coefficient (Wildman–Crippen LogP) is 5.62. The van der Waals surface area contributed by atoms with Crippen molar-refractivity contribution in [2.75, 3.05) is 18.5 Å². The molecule has 2 heterocycles. The van der Waals surface area contributed by atoms with Crippen LogP contribution in [-0.2, 0) is 19.6 Å². The topological polar surface area (TPSA) is 33.1 Å². The van der Waals surface area contributed by atoms with Crippen LogP contribution in [0.25, 0.3) is 21.9 Å². The Morgan fingerprint density at radius 3 is 2.31 bits per heavy atom. The van der Waals surface area contributed by atoms with Crippen LogP contribution >= 0.6 is 0 Å². The van der Waals surface area contributed by atoms with Crippen molar-refractivity contribution in [2.24, 2.45) is 0 Å². The monoisotopic (exact) mass is 420 g/mol. The van der Waals surface area contributed by atoms with Gasteiger partial charge in [0.25, 0.3) is 0 Å². The van der Waals surface area contributed by atoms with Crippen LogP contribution in [0.5, 0.6) is 0 Å². The van der Waals surface area contributed by atoms with Crippen LogP contribution in [0.15, 0.2) is 97.2 Å². The van der Waals surface area contributed by atoms with Gasteiger partial charge < -0.3 is 14.8 Å². The minimum Gasteiger partial charge on any atom is -0.365 e. The maximum atomic E-state index is 4.72. The highest BCUT2D eigenvalue weighted by molar-refractivity contribution is 6.06. The predicted molar refractivity (Wildman–Crippen MR) is 134 cm³/mol. The van der Waals surface area contributed by atoms with E-state index in [-0.39, 0.29) is 0 Å². The largest absolute Gasteiger partial charge is 0.365 e. The van der Waals surface area contributed by atoms with E-state index in [1.165, 1.54) is 33.1 Å². The number of benzene rings is 3. The van der Waals surface area contributed by atoms with Crippen LogP contribution in [0.2, 0.25) is 0 Å². The molecule has 1 N–H and O–H groups in total. The average molecular weight is 421 g/mol. The zero-order valence-electron chi connectivity index (χ0n) is 18.4. The van der Waals surface area contributed by atoms with Gasteiger partial charge in [-0.1, -0.05) is 60.7 Å². The second kappa shape index (κ2) is 9.25. The Morgan fingerprint density at radius 2 is 1.50 bits per heavy atom. The van der Waals surface area contributed by atoms with E-state index in [0.717, 1.165) is 31.8 Å². The van der Waals surface area contributed by atoms with E-state index in [2.05, 4.69) is 99.7 Å². The van der Waals surface area contributed by atoms with Crippen LogP contribution in [0.1, 0.15) is 11.1 Å². The van der Waals surface area contributed by atoms with Crippen molar-refractivity contribution < 1.29 is 0 Å². The Bertz CT molecular complexity index is 1250. The van der Waals surface area contributed by atoms with Gasteiger partial charge in [-0.2, -0.15) is 0 Å². The van der Waals surface area contributed by atoms with E-state index in [0.29, 0.717) is 0 Å². The summed E-state index contributed by atoms with van der Waals surface area (Å²) in [4.78, 5) is 7.17. The molecule has 32 heavy (non-hydrogen) atoms. The van der Waals surface area contributed by atoms with Gasteiger partial charge in [-0.3, -0.25) is 0 Å². The van der Waals surface area contributed by atoms with Crippen molar-refractivity contribution in [1.82, 2.24) is 14.9 Å². The van der Waals surface area contributed by atoms with Crippen LogP contribution in [-0.4, -0.2) is 23.1 Å². The summed E-state index contributed by atoms with van der Waals surface area (Å²) in [5, 5.41) is 5.70. The first-order chi connectivity index (χ1) is 15.8. The average Bonchev–Trinajstić information content (AvgIpc) is 3.17. The fourth-order valence-electron chi connectivity index (χ4n) is 4.45. The Hall–Kier alpha value is -3.63. The lowest BCUT2D eigenvalue weighted by atomic mass is 10.1. The molecule has 0 aliphatic heterocycles. The van der Waals surface area contributed by atoms with Crippen LogP contribution in [0.4, 0.5) is 5.69 Å². The normalized spacial score (nSPS) is 11.3. The molecule has 2 aromatic heterocycles. The molecule has 0 spiro atoms. The van der Waals surface area contributed by atoms with Gasteiger partial charge in [-0.25, -0.2) is 4.98 Å². The highest BCUT2D eigenvalue weighted by Gasteiger charge is 2.13. The number of hydrogen-bond donors (Lipinski definition) is 1. The molecule has 0 aliphatic carbocycles. The first-order valence-corrected chi connectivity index (χ1v) is 11.2. The number of rotatable bonds is 8. The molecule has 0 fully saturated rings. The van der Waals surface area contributed by atoms with Gasteiger partial charge in [0.05, 0.1) is 5.52 Å². The fraction of sp³-hybridized carbons (Fsp3) is 0.179. The molecule has 0 saturated heterocycles. The molecule has 4 heteroatoms. The lowest BCUT2D eigenvalue weighted by molar-refractivity contribution is 0.681. The second-order valence-corrected chi connectivity index (χ2v) is 8.15. The van der Waals surface area contributed by atoms with Crippen molar-refractivity contribution in [3.05, 3.63) is 108 Å². The van der Waals surface area contributed by atoms with Crippen molar-refractivity contribution in [3.8, 4) is 0 Å². The molecule has 0 aliphatic rings. The van der Waals surface area contributed by atoms with Crippen LogP contribution in [0, 0.1) is 0 Å². The minimum absolute atomic E-state index is 0.869. The van der Waals surface area contributed by atoms with Gasteiger partial charge in [0.2, 0.25) is 0 Å². The van der Waals surface area contributed by atoms with E-state index in [1.54, 1.807) is 0 Å². The quantitative estimate of drug-likeness (QED) is 0.354. The Balaban J connectivity index is 1.45. The van der Waals surface area contributed by atoms with Gasteiger partial charge in [-0.05, 0) is 48.5 Å². The number of nitrogens with zero attached hydrogens (tertiary/aromatic N) is 3. The van der Waals surface area contributed by atoms with E-state index >= 15 is 0 Å². The van der Waals surface area contributed by atoms with Gasteiger partial charge in [0.15, 0.2) is 0 Å². The molecule has 5 rings (SSSR count). The highest BCUT2D eigenvalue weighted by Crippen LogP contribution is 2.27. The van der Waals surface area contributed by atoms with Gasteiger partial charge in [0, 0.05) is 48.8 Å². The van der Waals surface area contributed by atoms with Crippen LogP contribution < -0.4 is 10.2 Å². The number of para-hydroxylation sites is 2. The molecule has 5 aromatic rings. The van der Waals surface area contributed by atoms with E-state index < -0.39 is 0 Å². The molecule has 4 nitrogen and oxygen atoms in total. The summed E-state index contributed by atoms with van der Waals surface area (Å²) in [5.74, 6) is 0. The van der Waals surface area contributed by atoms with Crippen molar-refractivity contribution in [2.45, 2.75) is 19.6 Å². The standard InChI is InChI=1S/C28H28N4/c1-29-20-22-13-15-23(16-14-22)21-31(24-8-3-2-4-9-24)18-19-32-27-12-6-5-10-25(27)26-11-7-17-30-28(26)32/h2-17,29H,18-21H2,1H3. The molecule has 160 valence electrons. The molecule has 0 amide bonds. The van der Waals surface area contributed by atoms with Gasteiger partial charge in [0.1, 0.15) is 5.65 Å². The number of nitrogens with one attached hydrogen (secondary N) is 1.